The van der Waals surface area contributed by atoms with E-state index < -0.39 is 0 Å². The average molecular weight is 478 g/mol. The lowest BCUT2D eigenvalue weighted by molar-refractivity contribution is -0.118. The molecular formula is C27H31N3O3S. The van der Waals surface area contributed by atoms with Gasteiger partial charge in [-0.1, -0.05) is 57.2 Å². The maximum Gasteiger partial charge on any atom is 0.265 e. The molecule has 1 fully saturated rings. The van der Waals surface area contributed by atoms with Crippen LogP contribution in [0.5, 0.6) is 0 Å². The summed E-state index contributed by atoms with van der Waals surface area (Å²) >= 11 is 1.46. The first-order chi connectivity index (χ1) is 16.3. The highest BCUT2D eigenvalue weighted by molar-refractivity contribution is 7.17. The van der Waals surface area contributed by atoms with Gasteiger partial charge >= 0.3 is 0 Å². The summed E-state index contributed by atoms with van der Waals surface area (Å²) < 4.78 is 5.37. The van der Waals surface area contributed by atoms with Gasteiger partial charge in [-0.05, 0) is 40.8 Å². The zero-order valence-electron chi connectivity index (χ0n) is 19.9. The number of rotatable bonds is 6. The summed E-state index contributed by atoms with van der Waals surface area (Å²) in [5, 5.41) is 6.06. The molecule has 178 valence electrons. The van der Waals surface area contributed by atoms with Gasteiger partial charge in [-0.3, -0.25) is 14.5 Å². The van der Waals surface area contributed by atoms with Crippen molar-refractivity contribution in [3.8, 4) is 10.4 Å². The molecule has 2 N–H and O–H groups in total. The molecule has 34 heavy (non-hydrogen) atoms. The van der Waals surface area contributed by atoms with Crippen molar-refractivity contribution >= 4 is 34.5 Å². The monoisotopic (exact) mass is 477 g/mol. The number of carbonyl (C=O) groups excluding carboxylic acids is 2. The third kappa shape index (κ3) is 6.11. The molecule has 0 radical (unpaired) electrons. The Morgan fingerprint density at radius 2 is 1.71 bits per heavy atom. The van der Waals surface area contributed by atoms with Crippen LogP contribution in [0.25, 0.3) is 10.4 Å². The summed E-state index contributed by atoms with van der Waals surface area (Å²) in [6.45, 7) is 9.44. The van der Waals surface area contributed by atoms with Crippen molar-refractivity contribution in [3.63, 3.8) is 0 Å². The Kier molecular flexibility index (Phi) is 7.46. The predicted molar refractivity (Wildman–Crippen MR) is 139 cm³/mol. The molecule has 1 aliphatic heterocycles. The standard InChI is InChI=1S/C27H31N3O3S/c1-27(2,3)21-10-9-20(17-22(21)29-25(31)18-30-13-15-33-16-14-30)28-26(32)24-12-11-23(34-24)19-7-5-4-6-8-19/h4-12,17H,13-16,18H2,1-3H3,(H,28,32)(H,29,31). The van der Waals surface area contributed by atoms with Gasteiger partial charge in [-0.25, -0.2) is 0 Å². The Labute approximate surface area is 204 Å². The molecule has 0 saturated carbocycles. The van der Waals surface area contributed by atoms with Crippen LogP contribution in [0.2, 0.25) is 0 Å². The van der Waals surface area contributed by atoms with Gasteiger partial charge in [-0.2, -0.15) is 0 Å². The van der Waals surface area contributed by atoms with E-state index in [1.807, 2.05) is 60.7 Å². The van der Waals surface area contributed by atoms with Crippen molar-refractivity contribution in [3.05, 3.63) is 71.1 Å². The maximum absolute atomic E-state index is 12.9. The molecule has 1 saturated heterocycles. The molecule has 2 heterocycles. The first-order valence-corrected chi connectivity index (χ1v) is 12.3. The number of thiophene rings is 1. The summed E-state index contributed by atoms with van der Waals surface area (Å²) in [4.78, 5) is 29.5. The number of anilines is 2. The topological polar surface area (TPSA) is 70.7 Å². The Hall–Kier alpha value is -3.00. The minimum absolute atomic E-state index is 0.0679. The summed E-state index contributed by atoms with van der Waals surface area (Å²) in [5.74, 6) is -0.233. The average Bonchev–Trinajstić information content (AvgIpc) is 3.30. The molecule has 1 aromatic heterocycles. The fraction of sp³-hybridized carbons (Fsp3) is 0.333. The smallest absolute Gasteiger partial charge is 0.265 e. The van der Waals surface area contributed by atoms with Crippen LogP contribution in [-0.2, 0) is 14.9 Å². The van der Waals surface area contributed by atoms with Gasteiger partial charge in [-0.15, -0.1) is 11.3 Å². The van der Waals surface area contributed by atoms with Crippen LogP contribution < -0.4 is 10.6 Å². The van der Waals surface area contributed by atoms with E-state index in [9.17, 15) is 9.59 Å². The highest BCUT2D eigenvalue weighted by atomic mass is 32.1. The van der Waals surface area contributed by atoms with Crippen molar-refractivity contribution in [1.82, 2.24) is 4.90 Å². The van der Waals surface area contributed by atoms with E-state index in [4.69, 9.17) is 4.74 Å². The molecule has 0 aliphatic carbocycles. The van der Waals surface area contributed by atoms with Crippen molar-refractivity contribution in [1.29, 1.82) is 0 Å². The number of nitrogens with one attached hydrogen (secondary N) is 2. The van der Waals surface area contributed by atoms with Crippen molar-refractivity contribution < 1.29 is 14.3 Å². The van der Waals surface area contributed by atoms with Gasteiger partial charge in [0, 0.05) is 29.3 Å². The molecule has 0 bridgehead atoms. The number of hydrogen-bond donors (Lipinski definition) is 2. The number of benzene rings is 2. The number of ether oxygens (including phenoxy) is 1. The van der Waals surface area contributed by atoms with Crippen LogP contribution in [0.3, 0.4) is 0 Å². The number of morpholine rings is 1. The van der Waals surface area contributed by atoms with E-state index in [-0.39, 0.29) is 17.2 Å². The Bertz CT molecular complexity index is 1150. The van der Waals surface area contributed by atoms with Crippen LogP contribution in [0.4, 0.5) is 11.4 Å². The highest BCUT2D eigenvalue weighted by Gasteiger charge is 2.21. The lowest BCUT2D eigenvalue weighted by Crippen LogP contribution is -2.41. The van der Waals surface area contributed by atoms with Gasteiger partial charge in [0.1, 0.15) is 0 Å². The minimum atomic E-state index is -0.165. The fourth-order valence-electron chi connectivity index (χ4n) is 3.94. The number of amides is 2. The first-order valence-electron chi connectivity index (χ1n) is 11.5. The molecule has 0 spiro atoms. The first kappa shape index (κ1) is 24.1. The van der Waals surface area contributed by atoms with E-state index in [1.165, 1.54) is 11.3 Å². The van der Waals surface area contributed by atoms with E-state index in [0.29, 0.717) is 30.3 Å². The summed E-state index contributed by atoms with van der Waals surface area (Å²) in [6, 6.07) is 19.5. The highest BCUT2D eigenvalue weighted by Crippen LogP contribution is 2.33. The Morgan fingerprint density at radius 3 is 2.41 bits per heavy atom. The number of nitrogens with zero attached hydrogens (tertiary/aromatic N) is 1. The van der Waals surface area contributed by atoms with Gasteiger partial charge in [0.2, 0.25) is 5.91 Å². The minimum Gasteiger partial charge on any atom is -0.379 e. The second-order valence-electron chi connectivity index (χ2n) is 9.43. The van der Waals surface area contributed by atoms with Crippen LogP contribution in [0.1, 0.15) is 36.0 Å². The SMILES string of the molecule is CC(C)(C)c1ccc(NC(=O)c2ccc(-c3ccccc3)s2)cc1NC(=O)CN1CCOCC1. The van der Waals surface area contributed by atoms with E-state index >= 15 is 0 Å². The zero-order chi connectivity index (χ0) is 24.1. The van der Waals surface area contributed by atoms with E-state index in [2.05, 4.69) is 36.3 Å². The van der Waals surface area contributed by atoms with E-state index in [0.717, 1.165) is 34.8 Å². The Balaban J connectivity index is 1.49. The second kappa shape index (κ2) is 10.5. The molecule has 3 aromatic rings. The van der Waals surface area contributed by atoms with Gasteiger partial charge in [0.05, 0.1) is 24.6 Å². The molecule has 0 atom stereocenters. The van der Waals surface area contributed by atoms with Gasteiger partial charge in [0.25, 0.3) is 5.91 Å². The van der Waals surface area contributed by atoms with Crippen LogP contribution in [0.15, 0.2) is 60.7 Å². The Morgan fingerprint density at radius 1 is 0.971 bits per heavy atom. The third-order valence-electron chi connectivity index (χ3n) is 5.72. The summed E-state index contributed by atoms with van der Waals surface area (Å²) in [5.41, 5.74) is 3.31. The molecular weight excluding hydrogens is 446 g/mol. The van der Waals surface area contributed by atoms with Gasteiger partial charge in [0.15, 0.2) is 0 Å². The quantitative estimate of drug-likeness (QED) is 0.510. The number of carbonyl (C=O) groups is 2. The van der Waals surface area contributed by atoms with Crippen molar-refractivity contribution in [2.75, 3.05) is 43.5 Å². The van der Waals surface area contributed by atoms with Crippen LogP contribution in [0, 0.1) is 0 Å². The summed E-state index contributed by atoms with van der Waals surface area (Å²) in [6.07, 6.45) is 0. The fourth-order valence-corrected chi connectivity index (χ4v) is 4.85. The molecule has 2 aromatic carbocycles. The largest absolute Gasteiger partial charge is 0.379 e. The molecule has 2 amide bonds. The molecule has 1 aliphatic rings. The second-order valence-corrected chi connectivity index (χ2v) is 10.5. The normalized spacial score (nSPS) is 14.6. The molecule has 0 unspecified atom stereocenters. The molecule has 4 rings (SSSR count). The summed E-state index contributed by atoms with van der Waals surface area (Å²) in [7, 11) is 0. The van der Waals surface area contributed by atoms with Crippen molar-refractivity contribution in [2.45, 2.75) is 26.2 Å². The van der Waals surface area contributed by atoms with E-state index in [1.54, 1.807) is 0 Å². The zero-order valence-corrected chi connectivity index (χ0v) is 20.7. The lowest BCUT2D eigenvalue weighted by Gasteiger charge is -2.27. The molecule has 7 heteroatoms. The van der Waals surface area contributed by atoms with Crippen LogP contribution >= 0.6 is 11.3 Å². The lowest BCUT2D eigenvalue weighted by atomic mass is 9.85. The number of hydrogen-bond acceptors (Lipinski definition) is 5. The van der Waals surface area contributed by atoms with Gasteiger partial charge < -0.3 is 15.4 Å². The van der Waals surface area contributed by atoms with Crippen LogP contribution in [-0.4, -0.2) is 49.6 Å². The van der Waals surface area contributed by atoms with Crippen molar-refractivity contribution in [2.24, 2.45) is 0 Å². The third-order valence-corrected chi connectivity index (χ3v) is 6.85. The maximum atomic E-state index is 12.9. The molecule has 6 nitrogen and oxygen atoms in total. The predicted octanol–water partition coefficient (Wildman–Crippen LogP) is 5.24.